The van der Waals surface area contributed by atoms with Crippen molar-refractivity contribution in [3.8, 4) is 22.8 Å². The largest absolute Gasteiger partial charge is 0.454 e. The number of aromatic nitrogens is 1. The first-order valence-corrected chi connectivity index (χ1v) is 9.14. The second kappa shape index (κ2) is 7.25. The van der Waals surface area contributed by atoms with Gasteiger partial charge in [0.05, 0.1) is 12.2 Å². The zero-order chi connectivity index (χ0) is 17.9. The molecule has 2 aromatic carbocycles. The summed E-state index contributed by atoms with van der Waals surface area (Å²) in [7, 11) is 0. The number of rotatable bonds is 5. The van der Waals surface area contributed by atoms with Gasteiger partial charge in [0.2, 0.25) is 6.79 Å². The third-order valence-electron chi connectivity index (χ3n) is 4.07. The maximum atomic E-state index is 13.0. The number of hydrogen-bond acceptors (Lipinski definition) is 5. The maximum absolute atomic E-state index is 13.0. The molecule has 1 aromatic heterocycles. The van der Waals surface area contributed by atoms with Crippen molar-refractivity contribution in [1.29, 1.82) is 0 Å². The van der Waals surface area contributed by atoms with Crippen LogP contribution in [0.15, 0.2) is 52.8 Å². The summed E-state index contributed by atoms with van der Waals surface area (Å²) >= 11 is 1.56. The van der Waals surface area contributed by atoms with Gasteiger partial charge in [0.25, 0.3) is 0 Å². The molecule has 0 amide bonds. The minimum absolute atomic E-state index is 0.243. The number of thiazole rings is 1. The molecular weight excluding hydrogens is 351 g/mol. The van der Waals surface area contributed by atoms with E-state index in [1.165, 1.54) is 12.1 Å². The van der Waals surface area contributed by atoms with Gasteiger partial charge in [0.1, 0.15) is 10.8 Å². The van der Waals surface area contributed by atoms with E-state index in [0.29, 0.717) is 6.54 Å². The van der Waals surface area contributed by atoms with Gasteiger partial charge in [-0.3, -0.25) is 4.99 Å². The zero-order valence-corrected chi connectivity index (χ0v) is 15.1. The summed E-state index contributed by atoms with van der Waals surface area (Å²) in [6, 6.07) is 12.3. The van der Waals surface area contributed by atoms with Crippen molar-refractivity contribution in [3.05, 3.63) is 64.2 Å². The topological polar surface area (TPSA) is 43.7 Å². The molecule has 0 radical (unpaired) electrons. The number of nitrogens with zero attached hydrogens (tertiary/aromatic N) is 2. The molecule has 2 heterocycles. The fraction of sp³-hybridized carbons (Fsp3) is 0.200. The van der Waals surface area contributed by atoms with E-state index in [1.807, 2.05) is 30.5 Å². The quantitative estimate of drug-likeness (QED) is 0.603. The number of aliphatic imine (C=N–C) groups is 1. The molecular formula is C20H17FN2O2S. The molecule has 4 nitrogen and oxygen atoms in total. The van der Waals surface area contributed by atoms with Gasteiger partial charge < -0.3 is 9.47 Å². The highest BCUT2D eigenvalue weighted by atomic mass is 32.1. The minimum atomic E-state index is -0.243. The summed E-state index contributed by atoms with van der Waals surface area (Å²) in [5.41, 5.74) is 3.94. The Morgan fingerprint density at radius 1 is 1.15 bits per heavy atom. The van der Waals surface area contributed by atoms with Crippen LogP contribution in [0.3, 0.4) is 0 Å². The minimum Gasteiger partial charge on any atom is -0.454 e. The maximum Gasteiger partial charge on any atom is 0.231 e. The Hall–Kier alpha value is -2.73. The lowest BCUT2D eigenvalue weighted by atomic mass is 10.1. The standard InChI is InChI=1S/C20H17FN2O2S/c1-13(8-14-2-7-18-19(9-14)25-12-24-18)22-10-20-23-17(11-26-20)15-3-5-16(21)6-4-15/h2-7,9,11H,8,10,12H2,1H3. The van der Waals surface area contributed by atoms with Gasteiger partial charge >= 0.3 is 0 Å². The van der Waals surface area contributed by atoms with Crippen LogP contribution < -0.4 is 9.47 Å². The van der Waals surface area contributed by atoms with Crippen LogP contribution in [0.25, 0.3) is 11.3 Å². The Morgan fingerprint density at radius 3 is 2.81 bits per heavy atom. The van der Waals surface area contributed by atoms with Crippen LogP contribution in [0.1, 0.15) is 17.5 Å². The van der Waals surface area contributed by atoms with Crippen molar-refractivity contribution in [2.75, 3.05) is 6.79 Å². The van der Waals surface area contributed by atoms with Gasteiger partial charge in [-0.2, -0.15) is 0 Å². The zero-order valence-electron chi connectivity index (χ0n) is 14.2. The van der Waals surface area contributed by atoms with Crippen molar-refractivity contribution < 1.29 is 13.9 Å². The molecule has 6 heteroatoms. The monoisotopic (exact) mass is 368 g/mol. The van der Waals surface area contributed by atoms with Crippen molar-refractivity contribution >= 4 is 17.0 Å². The van der Waals surface area contributed by atoms with E-state index in [0.717, 1.165) is 45.5 Å². The number of hydrogen-bond donors (Lipinski definition) is 0. The van der Waals surface area contributed by atoms with Crippen LogP contribution in [0.4, 0.5) is 4.39 Å². The van der Waals surface area contributed by atoms with Gasteiger partial charge in [0, 0.05) is 23.1 Å². The molecule has 4 rings (SSSR count). The Bertz CT molecular complexity index is 951. The van der Waals surface area contributed by atoms with Crippen LogP contribution in [-0.4, -0.2) is 17.5 Å². The van der Waals surface area contributed by atoms with E-state index in [2.05, 4.69) is 9.98 Å². The first-order chi connectivity index (χ1) is 12.7. The lowest BCUT2D eigenvalue weighted by Gasteiger charge is -2.03. The SMILES string of the molecule is CC(Cc1ccc2c(c1)OCO2)=NCc1nc(-c2ccc(F)cc2)cs1. The van der Waals surface area contributed by atoms with Crippen molar-refractivity contribution in [3.63, 3.8) is 0 Å². The fourth-order valence-corrected chi connectivity index (χ4v) is 3.47. The summed E-state index contributed by atoms with van der Waals surface area (Å²) < 4.78 is 23.8. The Labute approximate surface area is 155 Å². The number of fused-ring (bicyclic) bond motifs is 1. The highest BCUT2D eigenvalue weighted by Crippen LogP contribution is 2.32. The molecule has 0 atom stereocenters. The molecule has 3 aromatic rings. The van der Waals surface area contributed by atoms with E-state index in [4.69, 9.17) is 9.47 Å². The number of ether oxygens (including phenoxy) is 2. The average Bonchev–Trinajstić information content (AvgIpc) is 3.29. The van der Waals surface area contributed by atoms with E-state index < -0.39 is 0 Å². The normalized spacial score (nSPS) is 13.2. The Balaban J connectivity index is 1.40. The second-order valence-corrected chi connectivity index (χ2v) is 6.99. The lowest BCUT2D eigenvalue weighted by molar-refractivity contribution is 0.174. The van der Waals surface area contributed by atoms with Crippen molar-refractivity contribution in [2.24, 2.45) is 4.99 Å². The number of halogens is 1. The van der Waals surface area contributed by atoms with Gasteiger partial charge in [-0.15, -0.1) is 11.3 Å². The van der Waals surface area contributed by atoms with Crippen LogP contribution in [0.5, 0.6) is 11.5 Å². The molecule has 0 unspecified atom stereocenters. The van der Waals surface area contributed by atoms with Crippen molar-refractivity contribution in [1.82, 2.24) is 4.98 Å². The highest BCUT2D eigenvalue weighted by molar-refractivity contribution is 7.09. The predicted molar refractivity (Wildman–Crippen MR) is 101 cm³/mol. The Morgan fingerprint density at radius 2 is 1.96 bits per heavy atom. The lowest BCUT2D eigenvalue weighted by Crippen LogP contribution is -1.99. The molecule has 1 aliphatic rings. The third-order valence-corrected chi connectivity index (χ3v) is 4.91. The van der Waals surface area contributed by atoms with Crippen LogP contribution in [-0.2, 0) is 13.0 Å². The fourth-order valence-electron chi connectivity index (χ4n) is 2.74. The summed E-state index contributed by atoms with van der Waals surface area (Å²) in [6.45, 7) is 2.84. The van der Waals surface area contributed by atoms with E-state index in [-0.39, 0.29) is 12.6 Å². The Kier molecular flexibility index (Phi) is 4.67. The molecule has 0 saturated carbocycles. The van der Waals surface area contributed by atoms with Gasteiger partial charge in [-0.1, -0.05) is 6.07 Å². The predicted octanol–water partition coefficient (Wildman–Crippen LogP) is 4.88. The molecule has 0 bridgehead atoms. The molecule has 132 valence electrons. The summed E-state index contributed by atoms with van der Waals surface area (Å²) in [4.78, 5) is 9.23. The molecule has 1 aliphatic heterocycles. The van der Waals surface area contributed by atoms with Gasteiger partial charge in [-0.25, -0.2) is 9.37 Å². The summed E-state index contributed by atoms with van der Waals surface area (Å²) in [5, 5.41) is 2.92. The molecule has 0 aliphatic carbocycles. The van der Waals surface area contributed by atoms with E-state index in [9.17, 15) is 4.39 Å². The highest BCUT2D eigenvalue weighted by Gasteiger charge is 2.13. The number of benzene rings is 2. The van der Waals surface area contributed by atoms with E-state index in [1.54, 1.807) is 23.5 Å². The molecule has 0 fully saturated rings. The average molecular weight is 368 g/mol. The van der Waals surface area contributed by atoms with Crippen molar-refractivity contribution in [2.45, 2.75) is 19.9 Å². The smallest absolute Gasteiger partial charge is 0.231 e. The van der Waals surface area contributed by atoms with Crippen LogP contribution in [0, 0.1) is 5.82 Å². The first kappa shape index (κ1) is 16.7. The third kappa shape index (κ3) is 3.75. The molecule has 0 spiro atoms. The molecule has 0 saturated heterocycles. The summed E-state index contributed by atoms with van der Waals surface area (Å²) in [5.74, 6) is 1.34. The molecule has 26 heavy (non-hydrogen) atoms. The second-order valence-electron chi connectivity index (χ2n) is 6.05. The van der Waals surface area contributed by atoms with Gasteiger partial charge in [0.15, 0.2) is 11.5 Å². The van der Waals surface area contributed by atoms with Crippen LogP contribution in [0.2, 0.25) is 0 Å². The van der Waals surface area contributed by atoms with Crippen LogP contribution >= 0.6 is 11.3 Å². The first-order valence-electron chi connectivity index (χ1n) is 8.26. The van der Waals surface area contributed by atoms with Gasteiger partial charge in [-0.05, 0) is 48.9 Å². The van der Waals surface area contributed by atoms with E-state index >= 15 is 0 Å². The molecule has 0 N–H and O–H groups in total. The summed E-state index contributed by atoms with van der Waals surface area (Å²) in [6.07, 6.45) is 0.757.